The molecule has 1 atom stereocenters. The third kappa shape index (κ3) is 3.41. The zero-order valence-electron chi connectivity index (χ0n) is 10.6. The Hall–Kier alpha value is -2.18. The van der Waals surface area contributed by atoms with Crippen molar-refractivity contribution < 1.29 is 9.59 Å². The summed E-state index contributed by atoms with van der Waals surface area (Å²) in [5.41, 5.74) is 5.35. The fraction of sp³-hybridized carbons (Fsp3) is 0.455. The molecule has 0 aromatic carbocycles. The molecule has 1 aromatic rings. The second-order valence-electron chi connectivity index (χ2n) is 4.14. The first kappa shape index (κ1) is 13.9. The Morgan fingerprint density at radius 1 is 1.33 bits per heavy atom. The van der Waals surface area contributed by atoms with Crippen LogP contribution < -0.4 is 16.4 Å². The van der Waals surface area contributed by atoms with E-state index >= 15 is 0 Å². The van der Waals surface area contributed by atoms with Gasteiger partial charge in [-0.05, 0) is 5.92 Å². The third-order valence-electron chi connectivity index (χ3n) is 2.38. The van der Waals surface area contributed by atoms with Crippen LogP contribution >= 0.6 is 0 Å². The van der Waals surface area contributed by atoms with Gasteiger partial charge in [0.25, 0.3) is 5.91 Å². The number of carbonyl (C=O) groups is 2. The fourth-order valence-electron chi connectivity index (χ4n) is 1.38. The van der Waals surface area contributed by atoms with Crippen molar-refractivity contribution in [3.63, 3.8) is 0 Å². The molecule has 0 fully saturated rings. The van der Waals surface area contributed by atoms with Gasteiger partial charge in [-0.3, -0.25) is 14.6 Å². The van der Waals surface area contributed by atoms with E-state index in [-0.39, 0.29) is 11.6 Å². The van der Waals surface area contributed by atoms with Crippen LogP contribution in [0.15, 0.2) is 12.4 Å². The highest BCUT2D eigenvalue weighted by molar-refractivity contribution is 5.95. The van der Waals surface area contributed by atoms with Crippen molar-refractivity contribution in [1.29, 1.82) is 0 Å². The van der Waals surface area contributed by atoms with E-state index in [4.69, 9.17) is 5.73 Å². The number of aromatic nitrogens is 2. The molecule has 7 nitrogen and oxygen atoms in total. The number of nitrogens with zero attached hydrogens (tertiary/aromatic N) is 2. The lowest BCUT2D eigenvalue weighted by molar-refractivity contribution is -0.120. The number of amides is 2. The molecule has 0 spiro atoms. The Morgan fingerprint density at radius 3 is 2.50 bits per heavy atom. The van der Waals surface area contributed by atoms with E-state index < -0.39 is 17.9 Å². The normalized spacial score (nSPS) is 12.0. The van der Waals surface area contributed by atoms with Crippen molar-refractivity contribution >= 4 is 17.6 Å². The van der Waals surface area contributed by atoms with Gasteiger partial charge in [0, 0.05) is 7.05 Å². The summed E-state index contributed by atoms with van der Waals surface area (Å²) >= 11 is 0. The van der Waals surface area contributed by atoms with E-state index in [9.17, 15) is 9.59 Å². The molecule has 18 heavy (non-hydrogen) atoms. The zero-order valence-corrected chi connectivity index (χ0v) is 10.6. The standard InChI is InChI=1S/C11H17N5O2/c1-6(2)9(10(12)17)16-11(18)7-4-14-5-8(13-3)15-7/h4-6,9H,1-3H3,(H2,12,17)(H,13,15)(H,16,18). The molecule has 0 saturated heterocycles. The Kier molecular flexibility index (Phi) is 4.59. The van der Waals surface area contributed by atoms with Crippen LogP contribution in [0.3, 0.4) is 0 Å². The molecule has 1 unspecified atom stereocenters. The van der Waals surface area contributed by atoms with Crippen LogP contribution in [0.4, 0.5) is 5.82 Å². The van der Waals surface area contributed by atoms with Gasteiger partial charge in [-0.15, -0.1) is 0 Å². The Bertz CT molecular complexity index is 447. The van der Waals surface area contributed by atoms with Crippen molar-refractivity contribution in [3.8, 4) is 0 Å². The molecule has 1 heterocycles. The number of nitrogens with one attached hydrogen (secondary N) is 2. The fourth-order valence-corrected chi connectivity index (χ4v) is 1.38. The number of primary amides is 1. The van der Waals surface area contributed by atoms with E-state index in [1.807, 2.05) is 0 Å². The highest BCUT2D eigenvalue weighted by atomic mass is 16.2. The molecule has 1 rings (SSSR count). The van der Waals surface area contributed by atoms with Gasteiger partial charge in [0.2, 0.25) is 5.91 Å². The quantitative estimate of drug-likeness (QED) is 0.669. The number of hydrogen-bond donors (Lipinski definition) is 3. The van der Waals surface area contributed by atoms with Gasteiger partial charge in [0.1, 0.15) is 17.6 Å². The maximum absolute atomic E-state index is 11.9. The molecule has 2 amide bonds. The van der Waals surface area contributed by atoms with Gasteiger partial charge in [-0.1, -0.05) is 13.8 Å². The van der Waals surface area contributed by atoms with Crippen LogP contribution in [0.25, 0.3) is 0 Å². The number of hydrogen-bond acceptors (Lipinski definition) is 5. The Morgan fingerprint density at radius 2 is 2.00 bits per heavy atom. The van der Waals surface area contributed by atoms with E-state index in [2.05, 4.69) is 20.6 Å². The van der Waals surface area contributed by atoms with Crippen LogP contribution in [0.5, 0.6) is 0 Å². The highest BCUT2D eigenvalue weighted by Gasteiger charge is 2.22. The third-order valence-corrected chi connectivity index (χ3v) is 2.38. The summed E-state index contributed by atoms with van der Waals surface area (Å²) < 4.78 is 0. The molecular weight excluding hydrogens is 234 g/mol. The summed E-state index contributed by atoms with van der Waals surface area (Å²) in [5.74, 6) is -0.664. The second kappa shape index (κ2) is 5.95. The van der Waals surface area contributed by atoms with Crippen molar-refractivity contribution in [1.82, 2.24) is 15.3 Å². The lowest BCUT2D eigenvalue weighted by atomic mass is 10.0. The van der Waals surface area contributed by atoms with Gasteiger partial charge in [0.15, 0.2) is 0 Å². The Labute approximate surface area is 105 Å². The number of rotatable bonds is 5. The number of nitrogens with two attached hydrogens (primary N) is 1. The SMILES string of the molecule is CNc1cncc(C(=O)NC(C(N)=O)C(C)C)n1. The number of carbonyl (C=O) groups excluding carboxylic acids is 2. The summed E-state index contributed by atoms with van der Waals surface area (Å²) in [7, 11) is 1.67. The van der Waals surface area contributed by atoms with Crippen molar-refractivity contribution in [2.24, 2.45) is 11.7 Å². The van der Waals surface area contributed by atoms with Crippen molar-refractivity contribution in [2.75, 3.05) is 12.4 Å². The summed E-state index contributed by atoms with van der Waals surface area (Å²) in [5, 5.41) is 5.32. The predicted molar refractivity (Wildman–Crippen MR) is 66.9 cm³/mol. The first-order valence-electron chi connectivity index (χ1n) is 5.55. The predicted octanol–water partition coefficient (Wildman–Crippen LogP) is -0.242. The highest BCUT2D eigenvalue weighted by Crippen LogP contribution is 2.04. The topological polar surface area (TPSA) is 110 Å². The molecule has 0 radical (unpaired) electrons. The van der Waals surface area contributed by atoms with E-state index in [1.54, 1.807) is 20.9 Å². The zero-order chi connectivity index (χ0) is 13.7. The largest absolute Gasteiger partial charge is 0.372 e. The molecular formula is C11H17N5O2. The molecule has 7 heteroatoms. The van der Waals surface area contributed by atoms with Gasteiger partial charge >= 0.3 is 0 Å². The lowest BCUT2D eigenvalue weighted by Gasteiger charge is -2.18. The monoisotopic (exact) mass is 251 g/mol. The maximum atomic E-state index is 11.9. The smallest absolute Gasteiger partial charge is 0.272 e. The first-order valence-corrected chi connectivity index (χ1v) is 5.55. The van der Waals surface area contributed by atoms with Gasteiger partial charge in [-0.2, -0.15) is 0 Å². The van der Waals surface area contributed by atoms with Crippen LogP contribution in [-0.4, -0.2) is 34.9 Å². The minimum absolute atomic E-state index is 0.0908. The minimum atomic E-state index is -0.724. The van der Waals surface area contributed by atoms with E-state index in [1.165, 1.54) is 12.4 Å². The summed E-state index contributed by atoms with van der Waals surface area (Å²) in [6.45, 7) is 3.59. The molecule has 0 saturated carbocycles. The van der Waals surface area contributed by atoms with Gasteiger partial charge < -0.3 is 16.4 Å². The van der Waals surface area contributed by atoms with Gasteiger partial charge in [0.05, 0.1) is 12.4 Å². The minimum Gasteiger partial charge on any atom is -0.372 e. The lowest BCUT2D eigenvalue weighted by Crippen LogP contribution is -2.47. The molecule has 4 N–H and O–H groups in total. The summed E-state index contributed by atoms with van der Waals surface area (Å²) in [6, 6.07) is -0.724. The van der Waals surface area contributed by atoms with Crippen LogP contribution in [0.1, 0.15) is 24.3 Å². The van der Waals surface area contributed by atoms with Crippen LogP contribution in [0.2, 0.25) is 0 Å². The number of anilines is 1. The molecule has 0 bridgehead atoms. The van der Waals surface area contributed by atoms with Gasteiger partial charge in [-0.25, -0.2) is 4.98 Å². The average molecular weight is 251 g/mol. The van der Waals surface area contributed by atoms with Crippen molar-refractivity contribution in [2.45, 2.75) is 19.9 Å². The maximum Gasteiger partial charge on any atom is 0.272 e. The van der Waals surface area contributed by atoms with Crippen LogP contribution in [-0.2, 0) is 4.79 Å². The average Bonchev–Trinajstić information content (AvgIpc) is 2.34. The second-order valence-corrected chi connectivity index (χ2v) is 4.14. The molecule has 0 aliphatic carbocycles. The molecule has 1 aromatic heterocycles. The molecule has 98 valence electrons. The summed E-state index contributed by atoms with van der Waals surface area (Å²) in [4.78, 5) is 31.0. The van der Waals surface area contributed by atoms with Crippen molar-refractivity contribution in [3.05, 3.63) is 18.1 Å². The first-order chi connectivity index (χ1) is 8.45. The molecule has 0 aliphatic heterocycles. The van der Waals surface area contributed by atoms with E-state index in [0.717, 1.165) is 0 Å². The molecule has 0 aliphatic rings. The van der Waals surface area contributed by atoms with E-state index in [0.29, 0.717) is 5.82 Å². The summed E-state index contributed by atoms with van der Waals surface area (Å²) in [6.07, 6.45) is 2.82. The van der Waals surface area contributed by atoms with Crippen LogP contribution in [0, 0.1) is 5.92 Å². The Balaban J connectivity index is 2.83.